The number of hydrogen-bond acceptors (Lipinski definition) is 6. The van der Waals surface area contributed by atoms with Crippen LogP contribution in [-0.2, 0) is 11.8 Å². The number of nitrogens with zero attached hydrogens (tertiary/aromatic N) is 3. The number of nitrogens with one attached hydrogen (secondary N) is 1. The lowest BCUT2D eigenvalue weighted by Crippen LogP contribution is -2.31. The Balaban J connectivity index is 1.67. The lowest BCUT2D eigenvalue weighted by atomic mass is 10.1. The van der Waals surface area contributed by atoms with Gasteiger partial charge in [-0.15, -0.1) is 5.10 Å². The van der Waals surface area contributed by atoms with Crippen LogP contribution < -0.4 is 19.5 Å². The molecule has 0 spiro atoms. The highest BCUT2D eigenvalue weighted by Gasteiger charge is 2.17. The van der Waals surface area contributed by atoms with Gasteiger partial charge in [-0.2, -0.15) is 0 Å². The number of rotatable bonds is 8. The average Bonchev–Trinajstić information content (AvgIpc) is 3.02. The van der Waals surface area contributed by atoms with Crippen LogP contribution in [0, 0.1) is 13.8 Å². The summed E-state index contributed by atoms with van der Waals surface area (Å²) in [6.07, 6.45) is 0.0412. The average molecular weight is 427 g/mol. The van der Waals surface area contributed by atoms with Gasteiger partial charge in [0.25, 0.3) is 5.91 Å². The van der Waals surface area contributed by atoms with Crippen LogP contribution in [0.15, 0.2) is 24.3 Å². The third-order valence-electron chi connectivity index (χ3n) is 4.85. The lowest BCUT2D eigenvalue weighted by molar-refractivity contribution is -0.123. The van der Waals surface area contributed by atoms with Gasteiger partial charge < -0.3 is 19.5 Å². The number of fused-ring (bicyclic) bond motifs is 1. The van der Waals surface area contributed by atoms with E-state index in [1.54, 1.807) is 11.8 Å². The summed E-state index contributed by atoms with van der Waals surface area (Å²) in [5.41, 5.74) is 3.55. The number of carbonyl (C=O) groups is 1. The maximum atomic E-state index is 12.5. The van der Waals surface area contributed by atoms with Crippen molar-refractivity contribution < 1.29 is 19.0 Å². The minimum absolute atomic E-state index is 0.0412. The molecule has 0 bridgehead atoms. The molecule has 2 aromatic heterocycles. The molecular weight excluding hydrogens is 396 g/mol. The maximum absolute atomic E-state index is 12.5. The molecule has 2 heterocycles. The van der Waals surface area contributed by atoms with Crippen molar-refractivity contribution in [2.24, 2.45) is 7.05 Å². The first-order valence-electron chi connectivity index (χ1n) is 10.3. The molecule has 0 saturated heterocycles. The van der Waals surface area contributed by atoms with Crippen molar-refractivity contribution >= 4 is 16.9 Å². The molecular formula is C23H30N4O4. The summed E-state index contributed by atoms with van der Waals surface area (Å²) in [5, 5.41) is 8.14. The van der Waals surface area contributed by atoms with Gasteiger partial charge in [0.2, 0.25) is 5.88 Å². The minimum Gasteiger partial charge on any atom is -0.493 e. The fourth-order valence-electron chi connectivity index (χ4n) is 3.46. The molecule has 3 aromatic rings. The molecule has 3 rings (SSSR count). The van der Waals surface area contributed by atoms with Crippen LogP contribution in [0.4, 0.5) is 0 Å². The van der Waals surface area contributed by atoms with E-state index >= 15 is 0 Å². The number of ether oxygens (including phenoxy) is 3. The summed E-state index contributed by atoms with van der Waals surface area (Å²) in [6.45, 7) is 9.59. The second-order valence-electron chi connectivity index (χ2n) is 7.86. The van der Waals surface area contributed by atoms with Crippen LogP contribution in [0.1, 0.15) is 43.6 Å². The Kier molecular flexibility index (Phi) is 6.68. The molecule has 166 valence electrons. The predicted molar refractivity (Wildman–Crippen MR) is 119 cm³/mol. The first-order valence-corrected chi connectivity index (χ1v) is 10.3. The molecule has 0 aliphatic heterocycles. The topological polar surface area (TPSA) is 87.5 Å². The van der Waals surface area contributed by atoms with Crippen molar-refractivity contribution in [3.63, 3.8) is 0 Å². The van der Waals surface area contributed by atoms with Crippen molar-refractivity contribution in [1.29, 1.82) is 0 Å². The largest absolute Gasteiger partial charge is 0.493 e. The Morgan fingerprint density at radius 3 is 2.58 bits per heavy atom. The number of aromatic nitrogens is 3. The van der Waals surface area contributed by atoms with Crippen LogP contribution in [-0.4, -0.2) is 40.5 Å². The Labute approximate surface area is 182 Å². The van der Waals surface area contributed by atoms with E-state index < -0.39 is 0 Å². The summed E-state index contributed by atoms with van der Waals surface area (Å²) in [6, 6.07) is 7.37. The number of hydrogen-bond donors (Lipinski definition) is 1. The van der Waals surface area contributed by atoms with Crippen LogP contribution in [0.2, 0.25) is 0 Å². The number of pyridine rings is 1. The fourth-order valence-corrected chi connectivity index (χ4v) is 3.46. The molecule has 8 nitrogen and oxygen atoms in total. The smallest absolute Gasteiger partial charge is 0.258 e. The fraction of sp³-hybridized carbons (Fsp3) is 0.435. The van der Waals surface area contributed by atoms with Crippen molar-refractivity contribution in [2.75, 3.05) is 13.7 Å². The second-order valence-corrected chi connectivity index (χ2v) is 7.86. The van der Waals surface area contributed by atoms with E-state index in [1.165, 1.54) is 0 Å². The molecule has 0 saturated carbocycles. The van der Waals surface area contributed by atoms with Gasteiger partial charge in [-0.3, -0.25) is 4.79 Å². The number of carbonyl (C=O) groups excluding carboxylic acids is 1. The number of amides is 1. The van der Waals surface area contributed by atoms with Gasteiger partial charge in [0, 0.05) is 12.7 Å². The van der Waals surface area contributed by atoms with Gasteiger partial charge in [-0.1, -0.05) is 6.07 Å². The van der Waals surface area contributed by atoms with E-state index in [9.17, 15) is 4.79 Å². The quantitative estimate of drug-likeness (QED) is 0.592. The molecule has 1 amide bonds. The molecule has 1 atom stereocenters. The highest BCUT2D eigenvalue weighted by Crippen LogP contribution is 2.31. The normalized spacial score (nSPS) is 12.1. The van der Waals surface area contributed by atoms with Gasteiger partial charge in [-0.05, 0) is 63.9 Å². The molecule has 0 aliphatic carbocycles. The molecule has 1 aromatic carbocycles. The van der Waals surface area contributed by atoms with Crippen LogP contribution in [0.25, 0.3) is 11.0 Å². The molecule has 1 N–H and O–H groups in total. The summed E-state index contributed by atoms with van der Waals surface area (Å²) in [7, 11) is 3.40. The Morgan fingerprint density at radius 2 is 1.90 bits per heavy atom. The lowest BCUT2D eigenvalue weighted by Gasteiger charge is -2.18. The van der Waals surface area contributed by atoms with E-state index in [0.717, 1.165) is 27.9 Å². The van der Waals surface area contributed by atoms with Gasteiger partial charge in [0.1, 0.15) is 0 Å². The predicted octanol–water partition coefficient (Wildman–Crippen LogP) is 3.64. The van der Waals surface area contributed by atoms with Crippen molar-refractivity contribution in [1.82, 2.24) is 20.1 Å². The van der Waals surface area contributed by atoms with Crippen LogP contribution >= 0.6 is 0 Å². The van der Waals surface area contributed by atoms with E-state index in [0.29, 0.717) is 17.4 Å². The molecule has 0 radical (unpaired) electrons. The summed E-state index contributed by atoms with van der Waals surface area (Å²) >= 11 is 0. The zero-order valence-corrected chi connectivity index (χ0v) is 19.1. The van der Waals surface area contributed by atoms with Gasteiger partial charge in [0.05, 0.1) is 24.6 Å². The van der Waals surface area contributed by atoms with Crippen LogP contribution in [0.3, 0.4) is 0 Å². The Morgan fingerprint density at radius 1 is 1.16 bits per heavy atom. The van der Waals surface area contributed by atoms with E-state index in [4.69, 9.17) is 14.2 Å². The van der Waals surface area contributed by atoms with Crippen molar-refractivity contribution in [2.45, 2.75) is 46.8 Å². The molecule has 1 unspecified atom stereocenters. The maximum Gasteiger partial charge on any atom is 0.258 e. The van der Waals surface area contributed by atoms with Crippen LogP contribution in [0.5, 0.6) is 17.4 Å². The van der Waals surface area contributed by atoms with Crippen molar-refractivity contribution in [3.8, 4) is 17.4 Å². The van der Waals surface area contributed by atoms with E-state index in [1.807, 2.05) is 65.9 Å². The number of methoxy groups -OCH3 is 1. The highest BCUT2D eigenvalue weighted by molar-refractivity contribution is 5.85. The first-order chi connectivity index (χ1) is 14.7. The zero-order valence-electron chi connectivity index (χ0n) is 19.1. The SMILES string of the molecule is COc1cc(C(C)NC(=O)COc2nn(C)c3nc(C)cc(C)c23)ccc1OC(C)C. The summed E-state index contributed by atoms with van der Waals surface area (Å²) < 4.78 is 18.6. The number of aryl methyl sites for hydroxylation is 3. The monoisotopic (exact) mass is 426 g/mol. The third-order valence-corrected chi connectivity index (χ3v) is 4.85. The van der Waals surface area contributed by atoms with E-state index in [-0.39, 0.29) is 24.7 Å². The minimum atomic E-state index is -0.245. The third kappa shape index (κ3) is 5.07. The first kappa shape index (κ1) is 22.4. The van der Waals surface area contributed by atoms with E-state index in [2.05, 4.69) is 15.4 Å². The molecule has 0 fully saturated rings. The Hall–Kier alpha value is -3.29. The summed E-state index contributed by atoms with van der Waals surface area (Å²) in [4.78, 5) is 17.0. The number of benzene rings is 1. The van der Waals surface area contributed by atoms with Gasteiger partial charge in [0.15, 0.2) is 23.8 Å². The van der Waals surface area contributed by atoms with Gasteiger partial charge in [-0.25, -0.2) is 9.67 Å². The molecule has 31 heavy (non-hydrogen) atoms. The summed E-state index contributed by atoms with van der Waals surface area (Å²) in [5.74, 6) is 1.46. The van der Waals surface area contributed by atoms with Gasteiger partial charge >= 0.3 is 0 Å². The van der Waals surface area contributed by atoms with Crippen molar-refractivity contribution in [3.05, 3.63) is 41.1 Å². The molecule has 8 heteroatoms. The second kappa shape index (κ2) is 9.24. The Bertz CT molecular complexity index is 1090. The molecule has 0 aliphatic rings. The zero-order chi connectivity index (χ0) is 22.7. The standard InChI is InChI=1S/C23H30N4O4/c1-13(2)31-18-9-8-17(11-19(18)29-7)16(5)25-20(28)12-30-23-21-14(3)10-15(4)24-22(21)27(6)26-23/h8-11,13,16H,12H2,1-7H3,(H,25,28). The highest BCUT2D eigenvalue weighted by atomic mass is 16.5.